The van der Waals surface area contributed by atoms with Crippen LogP contribution in [0.4, 0.5) is 0 Å². The summed E-state index contributed by atoms with van der Waals surface area (Å²) in [6.45, 7) is 3.03. The first kappa shape index (κ1) is 12.9. The second-order valence-electron chi connectivity index (χ2n) is 3.90. The number of nitrogens with zero attached hydrogens (tertiary/aromatic N) is 2. The summed E-state index contributed by atoms with van der Waals surface area (Å²) in [4.78, 5) is 4.13. The van der Waals surface area contributed by atoms with E-state index in [1.807, 2.05) is 17.7 Å². The lowest BCUT2D eigenvalue weighted by molar-refractivity contribution is 0.257. The molecule has 18 heavy (non-hydrogen) atoms. The monoisotopic (exact) mass is 266 g/mol. The number of rotatable bonds is 5. The minimum Gasteiger partial charge on any atom is -0.490 e. The molecular formula is C13H15ClN2O2. The van der Waals surface area contributed by atoms with Gasteiger partial charge in [0.15, 0.2) is 0 Å². The Morgan fingerprint density at radius 3 is 2.94 bits per heavy atom. The number of benzene rings is 1. The Labute approximate surface area is 111 Å². The standard InChI is InChI=1S/C13H15ClN2O2/c1-10-15-5-6-16(10)7-8-18-13-11(9-17)3-2-4-12(13)14/h2-6,17H,7-9H2,1H3. The molecule has 2 rings (SSSR count). The van der Waals surface area contributed by atoms with E-state index in [4.69, 9.17) is 16.3 Å². The molecule has 1 aromatic carbocycles. The summed E-state index contributed by atoms with van der Waals surface area (Å²) in [6.07, 6.45) is 3.65. The molecule has 0 fully saturated rings. The Balaban J connectivity index is 2.00. The Morgan fingerprint density at radius 2 is 2.28 bits per heavy atom. The predicted molar refractivity (Wildman–Crippen MR) is 69.8 cm³/mol. The largest absolute Gasteiger partial charge is 0.490 e. The number of aryl methyl sites for hydroxylation is 1. The van der Waals surface area contributed by atoms with Crippen LogP contribution in [0.25, 0.3) is 0 Å². The first-order valence-corrected chi connectivity index (χ1v) is 6.09. The van der Waals surface area contributed by atoms with Crippen molar-refractivity contribution in [3.05, 3.63) is 47.0 Å². The van der Waals surface area contributed by atoms with Crippen LogP contribution in [0.2, 0.25) is 5.02 Å². The van der Waals surface area contributed by atoms with Crippen LogP contribution in [-0.4, -0.2) is 21.3 Å². The average molecular weight is 267 g/mol. The summed E-state index contributed by atoms with van der Waals surface area (Å²) in [7, 11) is 0. The van der Waals surface area contributed by atoms with Crippen LogP contribution in [0.15, 0.2) is 30.6 Å². The summed E-state index contributed by atoms with van der Waals surface area (Å²) in [6, 6.07) is 5.34. The van der Waals surface area contributed by atoms with E-state index >= 15 is 0 Å². The SMILES string of the molecule is Cc1nccn1CCOc1c(Cl)cccc1CO. The van der Waals surface area contributed by atoms with Crippen molar-refractivity contribution in [3.8, 4) is 5.75 Å². The lowest BCUT2D eigenvalue weighted by atomic mass is 10.2. The van der Waals surface area contributed by atoms with E-state index < -0.39 is 0 Å². The average Bonchev–Trinajstić information content (AvgIpc) is 2.77. The molecule has 0 unspecified atom stereocenters. The maximum atomic E-state index is 9.22. The molecule has 1 aromatic heterocycles. The quantitative estimate of drug-likeness (QED) is 0.904. The van der Waals surface area contributed by atoms with Gasteiger partial charge in [-0.25, -0.2) is 4.98 Å². The van der Waals surface area contributed by atoms with Gasteiger partial charge in [-0.2, -0.15) is 0 Å². The van der Waals surface area contributed by atoms with E-state index in [2.05, 4.69) is 4.98 Å². The molecule has 0 spiro atoms. The summed E-state index contributed by atoms with van der Waals surface area (Å²) < 4.78 is 7.64. The van der Waals surface area contributed by atoms with E-state index in [-0.39, 0.29) is 6.61 Å². The van der Waals surface area contributed by atoms with Crippen LogP contribution < -0.4 is 4.74 Å². The highest BCUT2D eigenvalue weighted by Gasteiger charge is 2.07. The first-order valence-electron chi connectivity index (χ1n) is 5.71. The third-order valence-electron chi connectivity index (χ3n) is 2.72. The van der Waals surface area contributed by atoms with Crippen LogP contribution in [0.3, 0.4) is 0 Å². The molecule has 4 nitrogen and oxygen atoms in total. The molecule has 96 valence electrons. The first-order chi connectivity index (χ1) is 8.72. The molecule has 0 aliphatic carbocycles. The zero-order valence-electron chi connectivity index (χ0n) is 10.1. The molecular weight excluding hydrogens is 252 g/mol. The minimum atomic E-state index is -0.0833. The zero-order valence-corrected chi connectivity index (χ0v) is 10.9. The summed E-state index contributed by atoms with van der Waals surface area (Å²) in [5, 5.41) is 9.73. The van der Waals surface area contributed by atoms with E-state index in [1.54, 1.807) is 24.4 Å². The minimum absolute atomic E-state index is 0.0833. The molecule has 0 aliphatic rings. The van der Waals surface area contributed by atoms with Crippen molar-refractivity contribution in [1.82, 2.24) is 9.55 Å². The van der Waals surface area contributed by atoms with E-state index in [1.165, 1.54) is 0 Å². The van der Waals surface area contributed by atoms with Gasteiger partial charge in [0.05, 0.1) is 18.2 Å². The van der Waals surface area contributed by atoms with Gasteiger partial charge in [0, 0.05) is 18.0 Å². The second kappa shape index (κ2) is 5.89. The van der Waals surface area contributed by atoms with Crippen LogP contribution in [0.1, 0.15) is 11.4 Å². The fourth-order valence-electron chi connectivity index (χ4n) is 1.73. The van der Waals surface area contributed by atoms with E-state index in [0.29, 0.717) is 29.5 Å². The number of aromatic nitrogens is 2. The highest BCUT2D eigenvalue weighted by Crippen LogP contribution is 2.28. The smallest absolute Gasteiger partial charge is 0.143 e. The Morgan fingerprint density at radius 1 is 1.44 bits per heavy atom. The number of halogens is 1. The molecule has 1 heterocycles. The van der Waals surface area contributed by atoms with Crippen molar-refractivity contribution in [2.75, 3.05) is 6.61 Å². The topological polar surface area (TPSA) is 47.3 Å². The maximum Gasteiger partial charge on any atom is 0.143 e. The van der Waals surface area contributed by atoms with Gasteiger partial charge in [0.25, 0.3) is 0 Å². The molecule has 2 aromatic rings. The van der Waals surface area contributed by atoms with Gasteiger partial charge in [0.1, 0.15) is 18.2 Å². The van der Waals surface area contributed by atoms with Gasteiger partial charge >= 0.3 is 0 Å². The van der Waals surface area contributed by atoms with Gasteiger partial charge in [-0.1, -0.05) is 23.7 Å². The Kier molecular flexibility index (Phi) is 4.23. The summed E-state index contributed by atoms with van der Waals surface area (Å²) in [5.41, 5.74) is 0.699. The van der Waals surface area contributed by atoms with Crippen LogP contribution in [-0.2, 0) is 13.2 Å². The number of hydrogen-bond acceptors (Lipinski definition) is 3. The van der Waals surface area contributed by atoms with Crippen molar-refractivity contribution in [3.63, 3.8) is 0 Å². The fourth-order valence-corrected chi connectivity index (χ4v) is 1.97. The van der Waals surface area contributed by atoms with Crippen LogP contribution in [0.5, 0.6) is 5.75 Å². The van der Waals surface area contributed by atoms with Crippen LogP contribution in [0, 0.1) is 6.92 Å². The summed E-state index contributed by atoms with van der Waals surface area (Å²) in [5.74, 6) is 1.50. The number of aliphatic hydroxyl groups is 1. The molecule has 0 amide bonds. The summed E-state index contributed by atoms with van der Waals surface area (Å²) >= 11 is 6.04. The third kappa shape index (κ3) is 2.83. The highest BCUT2D eigenvalue weighted by atomic mass is 35.5. The number of imidazole rings is 1. The molecule has 5 heteroatoms. The number of para-hydroxylation sites is 1. The molecule has 0 radical (unpaired) electrons. The predicted octanol–water partition coefficient (Wildman–Crippen LogP) is 2.42. The van der Waals surface area contributed by atoms with Crippen molar-refractivity contribution < 1.29 is 9.84 Å². The Bertz CT molecular complexity index is 525. The third-order valence-corrected chi connectivity index (χ3v) is 3.02. The normalized spacial score (nSPS) is 10.6. The van der Waals surface area contributed by atoms with Crippen molar-refractivity contribution >= 4 is 11.6 Å². The second-order valence-corrected chi connectivity index (χ2v) is 4.31. The van der Waals surface area contributed by atoms with Gasteiger partial charge < -0.3 is 14.4 Å². The van der Waals surface area contributed by atoms with Crippen molar-refractivity contribution in [2.24, 2.45) is 0 Å². The molecule has 1 N–H and O–H groups in total. The lowest BCUT2D eigenvalue weighted by Crippen LogP contribution is -2.10. The highest BCUT2D eigenvalue weighted by molar-refractivity contribution is 6.32. The Hall–Kier alpha value is -1.52. The van der Waals surface area contributed by atoms with Gasteiger partial charge in [-0.3, -0.25) is 0 Å². The van der Waals surface area contributed by atoms with Crippen molar-refractivity contribution in [2.45, 2.75) is 20.1 Å². The zero-order chi connectivity index (χ0) is 13.0. The van der Waals surface area contributed by atoms with Gasteiger partial charge in [-0.15, -0.1) is 0 Å². The molecule has 0 saturated carbocycles. The maximum absolute atomic E-state index is 9.22. The number of hydrogen-bond donors (Lipinski definition) is 1. The van der Waals surface area contributed by atoms with E-state index in [0.717, 1.165) is 5.82 Å². The van der Waals surface area contributed by atoms with Crippen molar-refractivity contribution in [1.29, 1.82) is 0 Å². The molecule has 0 aliphatic heterocycles. The number of aliphatic hydroxyl groups excluding tert-OH is 1. The van der Waals surface area contributed by atoms with E-state index in [9.17, 15) is 5.11 Å². The van der Waals surface area contributed by atoms with Gasteiger partial charge in [0.2, 0.25) is 0 Å². The van der Waals surface area contributed by atoms with Crippen LogP contribution >= 0.6 is 11.6 Å². The molecule has 0 atom stereocenters. The lowest BCUT2D eigenvalue weighted by Gasteiger charge is -2.12. The fraction of sp³-hybridized carbons (Fsp3) is 0.308. The van der Waals surface area contributed by atoms with Gasteiger partial charge in [-0.05, 0) is 13.0 Å². The number of ether oxygens (including phenoxy) is 1. The molecule has 0 saturated heterocycles. The molecule has 0 bridgehead atoms.